The summed E-state index contributed by atoms with van der Waals surface area (Å²) in [6.45, 7) is 4.09. The second kappa shape index (κ2) is 13.9. The predicted octanol–water partition coefficient (Wildman–Crippen LogP) is 0.262. The number of carboxylic acids is 1. The third-order valence-electron chi connectivity index (χ3n) is 3.95. The summed E-state index contributed by atoms with van der Waals surface area (Å²) in [6, 6.07) is 0. The van der Waals surface area contributed by atoms with Crippen LogP contribution in [0.5, 0.6) is 0 Å². The smallest absolute Gasteiger partial charge is 0.183 e. The van der Waals surface area contributed by atoms with Gasteiger partial charge >= 0.3 is 0 Å². The molecule has 132 valence electrons. The Bertz CT molecular complexity index is 267. The molecule has 0 saturated carbocycles. The number of carbonyl (C=O) groups is 1. The van der Waals surface area contributed by atoms with Crippen molar-refractivity contribution in [2.24, 2.45) is 0 Å². The second-order valence-corrected chi connectivity index (χ2v) is 5.89. The Morgan fingerprint density at radius 2 is 1.59 bits per heavy atom. The molecule has 6 nitrogen and oxygen atoms in total. The molecule has 0 spiro atoms. The van der Waals surface area contributed by atoms with E-state index in [1.54, 1.807) is 0 Å². The highest BCUT2D eigenvalue weighted by Crippen LogP contribution is 2.10. The minimum Gasteiger partial charge on any atom is -0.550 e. The van der Waals surface area contributed by atoms with Crippen LogP contribution in [0.3, 0.4) is 0 Å². The number of carboxylic acid groups (broad SMARTS) is 1. The molecule has 0 bridgehead atoms. The van der Waals surface area contributed by atoms with Crippen LogP contribution in [0, 0.1) is 0 Å². The average molecular weight is 319 g/mol. The molecule has 0 aliphatic carbocycles. The molecule has 0 amide bonds. The van der Waals surface area contributed by atoms with Gasteiger partial charge in [-0.05, 0) is 6.42 Å². The fraction of sp³-hybridized carbons (Fsp3) is 0.938. The van der Waals surface area contributed by atoms with Gasteiger partial charge in [0.2, 0.25) is 0 Å². The molecule has 0 atom stereocenters. The van der Waals surface area contributed by atoms with Crippen LogP contribution < -0.4 is 5.11 Å². The van der Waals surface area contributed by atoms with E-state index in [1.807, 2.05) is 0 Å². The van der Waals surface area contributed by atoms with Crippen molar-refractivity contribution in [2.45, 2.75) is 51.9 Å². The number of hydrogen-bond acceptors (Lipinski definition) is 5. The van der Waals surface area contributed by atoms with Crippen LogP contribution >= 0.6 is 0 Å². The van der Waals surface area contributed by atoms with Gasteiger partial charge in [-0.3, -0.25) is 4.48 Å². The lowest BCUT2D eigenvalue weighted by Gasteiger charge is -2.37. The number of rotatable bonds is 16. The molecule has 0 aromatic rings. The molecule has 0 radical (unpaired) electrons. The third kappa shape index (κ3) is 11.0. The van der Waals surface area contributed by atoms with Gasteiger partial charge in [-0.1, -0.05) is 39.0 Å². The molecule has 0 unspecified atom stereocenters. The highest BCUT2D eigenvalue weighted by Gasteiger charge is 2.26. The Balaban J connectivity index is 4.07. The maximum atomic E-state index is 10.7. The van der Waals surface area contributed by atoms with Crippen molar-refractivity contribution in [3.63, 3.8) is 0 Å². The summed E-state index contributed by atoms with van der Waals surface area (Å²) >= 11 is 0. The van der Waals surface area contributed by atoms with E-state index >= 15 is 0 Å². The van der Waals surface area contributed by atoms with Crippen LogP contribution in [-0.2, 0) is 9.53 Å². The number of quaternary nitrogens is 1. The van der Waals surface area contributed by atoms with E-state index in [0.29, 0.717) is 33.0 Å². The van der Waals surface area contributed by atoms with Crippen molar-refractivity contribution in [3.8, 4) is 0 Å². The maximum Gasteiger partial charge on any atom is 0.183 e. The SMILES string of the molecule is CCCCCCCCOC[N+](CCO)(CCO)CCC(=O)[O-]. The Morgan fingerprint density at radius 3 is 2.14 bits per heavy atom. The fourth-order valence-corrected chi connectivity index (χ4v) is 2.52. The first kappa shape index (κ1) is 21.3. The van der Waals surface area contributed by atoms with Crippen LogP contribution in [0.4, 0.5) is 0 Å². The normalized spacial score (nSPS) is 11.8. The summed E-state index contributed by atoms with van der Waals surface area (Å²) in [5.41, 5.74) is 0. The minimum absolute atomic E-state index is 0.0621. The van der Waals surface area contributed by atoms with Gasteiger partial charge in [0.1, 0.15) is 13.1 Å². The van der Waals surface area contributed by atoms with Crippen molar-refractivity contribution in [1.29, 1.82) is 0 Å². The molecule has 0 aromatic heterocycles. The Kier molecular flexibility index (Phi) is 13.5. The summed E-state index contributed by atoms with van der Waals surface area (Å²) in [5, 5.41) is 29.1. The second-order valence-electron chi connectivity index (χ2n) is 5.89. The first-order valence-electron chi connectivity index (χ1n) is 8.44. The topological polar surface area (TPSA) is 89.8 Å². The summed E-state index contributed by atoms with van der Waals surface area (Å²) in [6.07, 6.45) is 7.02. The van der Waals surface area contributed by atoms with Gasteiger partial charge in [0, 0.05) is 12.4 Å². The number of aliphatic hydroxyl groups excluding tert-OH is 2. The van der Waals surface area contributed by atoms with Gasteiger partial charge in [0.05, 0.1) is 26.4 Å². The largest absolute Gasteiger partial charge is 0.550 e. The van der Waals surface area contributed by atoms with Gasteiger partial charge in [-0.15, -0.1) is 0 Å². The van der Waals surface area contributed by atoms with E-state index in [2.05, 4.69) is 6.92 Å². The molecule has 0 aromatic carbocycles. The molecule has 0 saturated heterocycles. The lowest BCUT2D eigenvalue weighted by molar-refractivity contribution is -0.946. The molecule has 0 aliphatic heterocycles. The Labute approximate surface area is 134 Å². The van der Waals surface area contributed by atoms with Gasteiger partial charge in [0.25, 0.3) is 0 Å². The standard InChI is InChI=1S/C16H33NO5/c1-2-3-4-5-6-7-14-22-15-17(10-12-18,11-13-19)9-8-16(20)21/h18-19H,2-15H2,1H3. The number of carbonyl (C=O) groups excluding carboxylic acids is 1. The number of ether oxygens (including phenoxy) is 1. The van der Waals surface area contributed by atoms with Crippen LogP contribution in [0.2, 0.25) is 0 Å². The number of aliphatic carboxylic acids is 1. The van der Waals surface area contributed by atoms with Gasteiger partial charge < -0.3 is 24.9 Å². The minimum atomic E-state index is -1.12. The lowest BCUT2D eigenvalue weighted by Crippen LogP contribution is -2.54. The highest BCUT2D eigenvalue weighted by atomic mass is 16.5. The average Bonchev–Trinajstić information content (AvgIpc) is 2.48. The quantitative estimate of drug-likeness (QED) is 0.242. The van der Waals surface area contributed by atoms with Crippen LogP contribution in [0.15, 0.2) is 0 Å². The number of hydrogen-bond donors (Lipinski definition) is 2. The zero-order valence-corrected chi connectivity index (χ0v) is 14.0. The summed E-state index contributed by atoms with van der Waals surface area (Å²) in [7, 11) is 0. The summed E-state index contributed by atoms with van der Waals surface area (Å²) in [5.74, 6) is -1.12. The van der Waals surface area contributed by atoms with Crippen molar-refractivity contribution < 1.29 is 29.3 Å². The molecule has 0 aliphatic rings. The van der Waals surface area contributed by atoms with E-state index in [0.717, 1.165) is 12.8 Å². The predicted molar refractivity (Wildman–Crippen MR) is 82.9 cm³/mol. The van der Waals surface area contributed by atoms with Crippen LogP contribution in [0.1, 0.15) is 51.9 Å². The molecule has 6 heteroatoms. The monoisotopic (exact) mass is 319 g/mol. The van der Waals surface area contributed by atoms with Gasteiger partial charge in [-0.25, -0.2) is 0 Å². The summed E-state index contributed by atoms with van der Waals surface area (Å²) in [4.78, 5) is 10.7. The third-order valence-corrected chi connectivity index (χ3v) is 3.95. The zero-order chi connectivity index (χ0) is 16.7. The Hall–Kier alpha value is -0.690. The van der Waals surface area contributed by atoms with Crippen molar-refractivity contribution in [1.82, 2.24) is 0 Å². The molecular weight excluding hydrogens is 286 g/mol. The van der Waals surface area contributed by atoms with Gasteiger partial charge in [-0.2, -0.15) is 0 Å². The van der Waals surface area contributed by atoms with Gasteiger partial charge in [0.15, 0.2) is 6.73 Å². The zero-order valence-electron chi connectivity index (χ0n) is 14.0. The fourth-order valence-electron chi connectivity index (χ4n) is 2.52. The van der Waals surface area contributed by atoms with Crippen molar-refractivity contribution in [3.05, 3.63) is 0 Å². The molecule has 2 N–H and O–H groups in total. The highest BCUT2D eigenvalue weighted by molar-refractivity contribution is 5.64. The van der Waals surface area contributed by atoms with E-state index in [4.69, 9.17) is 4.74 Å². The molecule has 0 rings (SSSR count). The summed E-state index contributed by atoms with van der Waals surface area (Å²) < 4.78 is 5.94. The number of aliphatic hydroxyl groups is 2. The molecular formula is C16H33NO5. The number of unbranched alkanes of at least 4 members (excludes halogenated alkanes) is 5. The van der Waals surface area contributed by atoms with E-state index < -0.39 is 5.97 Å². The van der Waals surface area contributed by atoms with Crippen molar-refractivity contribution in [2.75, 3.05) is 46.2 Å². The Morgan fingerprint density at radius 1 is 1.00 bits per heavy atom. The maximum absolute atomic E-state index is 10.7. The van der Waals surface area contributed by atoms with E-state index in [9.17, 15) is 20.1 Å². The van der Waals surface area contributed by atoms with E-state index in [-0.39, 0.29) is 24.1 Å². The molecule has 0 fully saturated rings. The molecule has 22 heavy (non-hydrogen) atoms. The van der Waals surface area contributed by atoms with Crippen LogP contribution in [-0.4, -0.2) is 66.9 Å². The van der Waals surface area contributed by atoms with E-state index in [1.165, 1.54) is 25.7 Å². The van der Waals surface area contributed by atoms with Crippen molar-refractivity contribution >= 4 is 5.97 Å². The first-order valence-corrected chi connectivity index (χ1v) is 8.44. The van der Waals surface area contributed by atoms with Crippen LogP contribution in [0.25, 0.3) is 0 Å². The lowest BCUT2D eigenvalue weighted by atomic mass is 10.1. The first-order chi connectivity index (χ1) is 10.6. The number of nitrogens with zero attached hydrogens (tertiary/aromatic N) is 1. The molecule has 0 heterocycles.